The van der Waals surface area contributed by atoms with Gasteiger partial charge in [-0.1, -0.05) is 18.2 Å². The van der Waals surface area contributed by atoms with E-state index in [2.05, 4.69) is 5.32 Å². The maximum atomic E-state index is 12.4. The van der Waals surface area contributed by atoms with E-state index in [1.807, 2.05) is 5.32 Å². The summed E-state index contributed by atoms with van der Waals surface area (Å²) < 4.78 is 4.93. The van der Waals surface area contributed by atoms with Gasteiger partial charge in [-0.3, -0.25) is 29.4 Å². The SMILES string of the molecule is CC(C)NC(=O)NC(=O)[C@@H](C)OC(=O)CN1C(=O)Cc2ccccc2C1=O. The molecule has 0 unspecified atom stereocenters. The molecule has 1 aliphatic rings. The Bertz CT molecular complexity index is 789. The largest absolute Gasteiger partial charge is 0.451 e. The van der Waals surface area contributed by atoms with Crippen molar-refractivity contribution in [1.82, 2.24) is 15.5 Å². The molecule has 9 heteroatoms. The van der Waals surface area contributed by atoms with Crippen molar-refractivity contribution in [3.8, 4) is 0 Å². The van der Waals surface area contributed by atoms with Crippen LogP contribution in [0.5, 0.6) is 0 Å². The van der Waals surface area contributed by atoms with Gasteiger partial charge in [0.05, 0.1) is 6.42 Å². The van der Waals surface area contributed by atoms with E-state index < -0.39 is 42.4 Å². The summed E-state index contributed by atoms with van der Waals surface area (Å²) in [4.78, 5) is 60.7. The Morgan fingerprint density at radius 1 is 1.15 bits per heavy atom. The Morgan fingerprint density at radius 2 is 1.81 bits per heavy atom. The van der Waals surface area contributed by atoms with Gasteiger partial charge in [0, 0.05) is 11.6 Å². The monoisotopic (exact) mass is 375 g/mol. The second-order valence-corrected chi connectivity index (χ2v) is 6.37. The molecule has 1 heterocycles. The fourth-order valence-corrected chi connectivity index (χ4v) is 2.49. The number of urea groups is 1. The smallest absolute Gasteiger partial charge is 0.326 e. The molecule has 1 atom stereocenters. The van der Waals surface area contributed by atoms with Crippen LogP contribution in [0.4, 0.5) is 4.79 Å². The minimum Gasteiger partial charge on any atom is -0.451 e. The van der Waals surface area contributed by atoms with Gasteiger partial charge in [-0.25, -0.2) is 4.79 Å². The number of nitrogens with zero attached hydrogens (tertiary/aromatic N) is 1. The standard InChI is InChI=1S/C18H21N3O6/c1-10(2)19-18(26)20-16(24)11(3)27-15(23)9-21-14(22)8-12-6-4-5-7-13(12)17(21)25/h4-7,10-11H,8-9H2,1-3H3,(H2,19,20,24,26)/t11-/m1/s1. The van der Waals surface area contributed by atoms with E-state index in [0.29, 0.717) is 11.1 Å². The quantitative estimate of drug-likeness (QED) is 0.567. The Balaban J connectivity index is 1.93. The molecular formula is C18H21N3O6. The van der Waals surface area contributed by atoms with Crippen molar-refractivity contribution in [2.24, 2.45) is 0 Å². The van der Waals surface area contributed by atoms with Crippen LogP contribution in [0.25, 0.3) is 0 Å². The Labute approximate surface area is 156 Å². The number of amides is 5. The zero-order valence-electron chi connectivity index (χ0n) is 15.3. The van der Waals surface area contributed by atoms with Gasteiger partial charge in [0.2, 0.25) is 5.91 Å². The average Bonchev–Trinajstić information content (AvgIpc) is 2.57. The highest BCUT2D eigenvalue weighted by Gasteiger charge is 2.33. The molecule has 0 spiro atoms. The first-order chi connectivity index (χ1) is 12.7. The Morgan fingerprint density at radius 3 is 2.48 bits per heavy atom. The fraction of sp³-hybridized carbons (Fsp3) is 0.389. The van der Waals surface area contributed by atoms with E-state index in [1.54, 1.807) is 38.1 Å². The van der Waals surface area contributed by atoms with Crippen LogP contribution in [-0.4, -0.2) is 53.3 Å². The second-order valence-electron chi connectivity index (χ2n) is 6.37. The van der Waals surface area contributed by atoms with Gasteiger partial charge in [-0.05, 0) is 32.4 Å². The molecule has 0 saturated heterocycles. The molecule has 2 rings (SSSR count). The lowest BCUT2D eigenvalue weighted by Gasteiger charge is -2.26. The third-order valence-electron chi connectivity index (χ3n) is 3.76. The number of ether oxygens (including phenoxy) is 1. The number of rotatable bonds is 5. The maximum absolute atomic E-state index is 12.4. The van der Waals surface area contributed by atoms with Gasteiger partial charge < -0.3 is 10.1 Å². The average molecular weight is 375 g/mol. The highest BCUT2D eigenvalue weighted by molar-refractivity contribution is 6.11. The van der Waals surface area contributed by atoms with E-state index in [0.717, 1.165) is 4.90 Å². The molecule has 1 aromatic carbocycles. The molecular weight excluding hydrogens is 354 g/mol. The van der Waals surface area contributed by atoms with Crippen molar-refractivity contribution in [2.75, 3.05) is 6.54 Å². The second kappa shape index (κ2) is 8.43. The van der Waals surface area contributed by atoms with E-state index in [-0.39, 0.29) is 12.5 Å². The van der Waals surface area contributed by atoms with Crippen LogP contribution >= 0.6 is 0 Å². The lowest BCUT2D eigenvalue weighted by molar-refractivity contribution is -0.156. The number of fused-ring (bicyclic) bond motifs is 1. The molecule has 27 heavy (non-hydrogen) atoms. The van der Waals surface area contributed by atoms with Gasteiger partial charge in [-0.2, -0.15) is 0 Å². The number of nitrogens with one attached hydrogen (secondary N) is 2. The van der Waals surface area contributed by atoms with Crippen molar-refractivity contribution >= 4 is 29.7 Å². The Kier molecular flexibility index (Phi) is 6.27. The summed E-state index contributed by atoms with van der Waals surface area (Å²) in [6, 6.07) is 5.75. The summed E-state index contributed by atoms with van der Waals surface area (Å²) >= 11 is 0. The van der Waals surface area contributed by atoms with Crippen molar-refractivity contribution < 1.29 is 28.7 Å². The molecule has 0 saturated carbocycles. The van der Waals surface area contributed by atoms with E-state index in [1.165, 1.54) is 6.92 Å². The predicted octanol–water partition coefficient (Wildman–Crippen LogP) is 0.377. The molecule has 144 valence electrons. The zero-order chi connectivity index (χ0) is 20.1. The van der Waals surface area contributed by atoms with Gasteiger partial charge in [-0.15, -0.1) is 0 Å². The van der Waals surface area contributed by atoms with Crippen molar-refractivity contribution in [3.05, 3.63) is 35.4 Å². The first kappa shape index (κ1) is 20.1. The third-order valence-corrected chi connectivity index (χ3v) is 3.76. The molecule has 5 amide bonds. The summed E-state index contributed by atoms with van der Waals surface area (Å²) in [6.45, 7) is 4.11. The first-order valence-corrected chi connectivity index (χ1v) is 8.42. The van der Waals surface area contributed by atoms with Crippen molar-refractivity contribution in [3.63, 3.8) is 0 Å². The highest BCUT2D eigenvalue weighted by Crippen LogP contribution is 2.19. The third kappa shape index (κ3) is 5.13. The normalized spacial score (nSPS) is 14.4. The van der Waals surface area contributed by atoms with Crippen LogP contribution in [0, 0.1) is 0 Å². The number of carbonyl (C=O) groups is 5. The lowest BCUT2D eigenvalue weighted by atomic mass is 9.98. The topological polar surface area (TPSA) is 122 Å². The van der Waals surface area contributed by atoms with Crippen molar-refractivity contribution in [1.29, 1.82) is 0 Å². The highest BCUT2D eigenvalue weighted by atomic mass is 16.5. The number of benzene rings is 1. The van der Waals surface area contributed by atoms with Gasteiger partial charge in [0.15, 0.2) is 6.10 Å². The summed E-state index contributed by atoms with van der Waals surface area (Å²) in [5.74, 6) is -2.86. The molecule has 0 aromatic heterocycles. The van der Waals surface area contributed by atoms with Crippen LogP contribution in [0.2, 0.25) is 0 Å². The van der Waals surface area contributed by atoms with E-state index in [4.69, 9.17) is 4.74 Å². The molecule has 1 aliphatic heterocycles. The molecule has 0 fully saturated rings. The summed E-state index contributed by atoms with van der Waals surface area (Å²) in [5, 5.41) is 4.50. The van der Waals surface area contributed by atoms with Crippen LogP contribution in [0.1, 0.15) is 36.7 Å². The van der Waals surface area contributed by atoms with Crippen molar-refractivity contribution in [2.45, 2.75) is 39.3 Å². The molecule has 0 aliphatic carbocycles. The number of imide groups is 2. The summed E-state index contributed by atoms with van der Waals surface area (Å²) in [5.41, 5.74) is 0.946. The lowest BCUT2D eigenvalue weighted by Crippen LogP contribution is -2.48. The van der Waals surface area contributed by atoms with Gasteiger partial charge in [0.1, 0.15) is 6.54 Å². The predicted molar refractivity (Wildman–Crippen MR) is 93.6 cm³/mol. The van der Waals surface area contributed by atoms with Crippen LogP contribution in [0.3, 0.4) is 0 Å². The molecule has 2 N–H and O–H groups in total. The molecule has 9 nitrogen and oxygen atoms in total. The molecule has 1 aromatic rings. The van der Waals surface area contributed by atoms with Crippen LogP contribution < -0.4 is 10.6 Å². The first-order valence-electron chi connectivity index (χ1n) is 8.42. The van der Waals surface area contributed by atoms with Crippen LogP contribution in [-0.2, 0) is 25.5 Å². The van der Waals surface area contributed by atoms with E-state index >= 15 is 0 Å². The summed E-state index contributed by atoms with van der Waals surface area (Å²) in [7, 11) is 0. The molecule has 0 radical (unpaired) electrons. The number of carbonyl (C=O) groups excluding carboxylic acids is 5. The number of hydrogen-bond donors (Lipinski definition) is 2. The molecule has 0 bridgehead atoms. The van der Waals surface area contributed by atoms with Crippen LogP contribution in [0.15, 0.2) is 24.3 Å². The number of hydrogen-bond acceptors (Lipinski definition) is 6. The van der Waals surface area contributed by atoms with Gasteiger partial charge in [0.25, 0.3) is 11.8 Å². The number of esters is 1. The minimum atomic E-state index is -1.27. The fourth-order valence-electron chi connectivity index (χ4n) is 2.49. The summed E-state index contributed by atoms with van der Waals surface area (Å²) in [6.07, 6.45) is -1.27. The minimum absolute atomic E-state index is 0.000602. The zero-order valence-corrected chi connectivity index (χ0v) is 15.3. The van der Waals surface area contributed by atoms with E-state index in [9.17, 15) is 24.0 Å². The van der Waals surface area contributed by atoms with Gasteiger partial charge >= 0.3 is 12.0 Å². The maximum Gasteiger partial charge on any atom is 0.326 e. The Hall–Kier alpha value is -3.23.